The van der Waals surface area contributed by atoms with Gasteiger partial charge in [0.05, 0.1) is 0 Å². The number of rotatable bonds is 3. The van der Waals surface area contributed by atoms with Crippen molar-refractivity contribution in [3.05, 3.63) is 26.9 Å². The average Bonchev–Trinajstić information content (AvgIpc) is 3.29. The van der Waals surface area contributed by atoms with Crippen molar-refractivity contribution in [3.63, 3.8) is 0 Å². The Morgan fingerprint density at radius 1 is 1.09 bits per heavy atom. The number of piperazine rings is 1. The third kappa shape index (κ3) is 3.47. The van der Waals surface area contributed by atoms with Gasteiger partial charge in [-0.1, -0.05) is 0 Å². The summed E-state index contributed by atoms with van der Waals surface area (Å²) in [5.74, 6) is -0.257. The van der Waals surface area contributed by atoms with Crippen molar-refractivity contribution in [2.24, 2.45) is 5.92 Å². The van der Waals surface area contributed by atoms with Crippen LogP contribution in [0, 0.1) is 11.7 Å². The fourth-order valence-corrected chi connectivity index (χ4v) is 6.51. The van der Waals surface area contributed by atoms with Crippen LogP contribution in [0.3, 0.4) is 0 Å². The fraction of sp³-hybridized carbons (Fsp3) is 0.500. The molecule has 1 saturated heterocycles. The Bertz CT molecular complexity index is 721. The van der Waals surface area contributed by atoms with E-state index >= 15 is 0 Å². The highest BCUT2D eigenvalue weighted by molar-refractivity contribution is 9.11. The molecule has 0 aromatic heterocycles. The predicted octanol–water partition coefficient (Wildman–Crippen LogP) is 2.59. The molecule has 1 aliphatic heterocycles. The molecule has 0 radical (unpaired) electrons. The minimum atomic E-state index is -3.76. The van der Waals surface area contributed by atoms with Gasteiger partial charge in [0.25, 0.3) is 0 Å². The largest absolute Gasteiger partial charge is 0.340 e. The first-order valence-corrected chi connectivity index (χ1v) is 10.3. The Hall–Kier alpha value is -0.510. The van der Waals surface area contributed by atoms with E-state index in [0.29, 0.717) is 13.1 Å². The van der Waals surface area contributed by atoms with Crippen LogP contribution in [0.15, 0.2) is 26.0 Å². The highest BCUT2D eigenvalue weighted by Gasteiger charge is 2.37. The van der Waals surface area contributed by atoms with E-state index in [1.54, 1.807) is 4.90 Å². The quantitative estimate of drug-likeness (QED) is 0.683. The maximum absolute atomic E-state index is 13.3. The van der Waals surface area contributed by atoms with E-state index in [9.17, 15) is 17.6 Å². The number of carbonyl (C=O) groups is 1. The second-order valence-electron chi connectivity index (χ2n) is 5.70. The molecule has 0 bridgehead atoms. The maximum Gasteiger partial charge on any atom is 0.245 e. The van der Waals surface area contributed by atoms with Gasteiger partial charge in [-0.2, -0.15) is 4.31 Å². The van der Waals surface area contributed by atoms with Gasteiger partial charge in [0.1, 0.15) is 10.7 Å². The van der Waals surface area contributed by atoms with Crippen molar-refractivity contribution in [3.8, 4) is 0 Å². The molecule has 126 valence electrons. The summed E-state index contributed by atoms with van der Waals surface area (Å²) in [5, 5.41) is 0. The molecule has 1 amide bonds. The first kappa shape index (κ1) is 17.3. The number of sulfonamides is 1. The number of carbonyl (C=O) groups excluding carboxylic acids is 1. The van der Waals surface area contributed by atoms with E-state index in [2.05, 4.69) is 31.9 Å². The summed E-state index contributed by atoms with van der Waals surface area (Å²) in [6.45, 7) is 1.28. The number of amides is 1. The molecule has 0 spiro atoms. The van der Waals surface area contributed by atoms with Gasteiger partial charge in [0.15, 0.2) is 0 Å². The standard InChI is InChI=1S/C14H15Br2FN2O3S/c15-11-7-10(17)8-12(16)13(11)23(21,22)19-5-3-18(4-6-19)14(20)9-1-2-9/h7-9H,1-6H2. The molecule has 5 nitrogen and oxygen atoms in total. The highest BCUT2D eigenvalue weighted by Crippen LogP contribution is 2.34. The molecule has 23 heavy (non-hydrogen) atoms. The van der Waals surface area contributed by atoms with Crippen molar-refractivity contribution in [1.29, 1.82) is 0 Å². The average molecular weight is 470 g/mol. The zero-order valence-electron chi connectivity index (χ0n) is 12.1. The lowest BCUT2D eigenvalue weighted by molar-refractivity contribution is -0.133. The van der Waals surface area contributed by atoms with Gasteiger partial charge in [-0.25, -0.2) is 12.8 Å². The third-order valence-electron chi connectivity index (χ3n) is 4.04. The van der Waals surface area contributed by atoms with E-state index in [-0.39, 0.29) is 38.8 Å². The summed E-state index contributed by atoms with van der Waals surface area (Å²) in [4.78, 5) is 13.8. The number of hydrogen-bond donors (Lipinski definition) is 0. The Morgan fingerprint density at radius 3 is 2.09 bits per heavy atom. The Labute approximate surface area is 151 Å². The molecular weight excluding hydrogens is 455 g/mol. The predicted molar refractivity (Wildman–Crippen MR) is 89.9 cm³/mol. The molecule has 1 aliphatic carbocycles. The van der Waals surface area contributed by atoms with Crippen molar-refractivity contribution in [2.45, 2.75) is 17.7 Å². The summed E-state index contributed by atoms with van der Waals surface area (Å²) in [7, 11) is -3.76. The number of nitrogens with zero attached hydrogens (tertiary/aromatic N) is 2. The lowest BCUT2D eigenvalue weighted by Gasteiger charge is -2.34. The molecule has 1 aromatic rings. The van der Waals surface area contributed by atoms with E-state index in [0.717, 1.165) is 25.0 Å². The van der Waals surface area contributed by atoms with Crippen LogP contribution in [0.1, 0.15) is 12.8 Å². The lowest BCUT2D eigenvalue weighted by Crippen LogP contribution is -2.51. The van der Waals surface area contributed by atoms with Crippen LogP contribution in [-0.4, -0.2) is 49.7 Å². The molecule has 3 rings (SSSR count). The number of benzene rings is 1. The molecule has 1 saturated carbocycles. The first-order valence-electron chi connectivity index (χ1n) is 7.24. The van der Waals surface area contributed by atoms with Gasteiger partial charge >= 0.3 is 0 Å². The molecular formula is C14H15Br2FN2O3S. The molecule has 2 aliphatic rings. The van der Waals surface area contributed by atoms with E-state index in [4.69, 9.17) is 0 Å². The Morgan fingerprint density at radius 2 is 1.61 bits per heavy atom. The smallest absolute Gasteiger partial charge is 0.245 e. The number of halogens is 3. The lowest BCUT2D eigenvalue weighted by atomic mass is 10.3. The SMILES string of the molecule is O=C(C1CC1)N1CCN(S(=O)(=O)c2c(Br)cc(F)cc2Br)CC1. The van der Waals surface area contributed by atoms with Crippen molar-refractivity contribution < 1.29 is 17.6 Å². The van der Waals surface area contributed by atoms with Crippen LogP contribution < -0.4 is 0 Å². The van der Waals surface area contributed by atoms with Crippen LogP contribution in [0.25, 0.3) is 0 Å². The molecule has 0 N–H and O–H groups in total. The second kappa shape index (κ2) is 6.42. The van der Waals surface area contributed by atoms with Gasteiger partial charge in [0.2, 0.25) is 15.9 Å². The Kier molecular flexibility index (Phi) is 4.83. The van der Waals surface area contributed by atoms with Crippen LogP contribution in [0.2, 0.25) is 0 Å². The summed E-state index contributed by atoms with van der Waals surface area (Å²) in [5.41, 5.74) is 0. The molecule has 0 atom stereocenters. The van der Waals surface area contributed by atoms with E-state index < -0.39 is 15.8 Å². The summed E-state index contributed by atoms with van der Waals surface area (Å²) in [6, 6.07) is 2.26. The first-order chi connectivity index (χ1) is 10.8. The zero-order valence-corrected chi connectivity index (χ0v) is 16.1. The van der Waals surface area contributed by atoms with Crippen LogP contribution in [-0.2, 0) is 14.8 Å². The zero-order chi connectivity index (χ0) is 16.8. The summed E-state index contributed by atoms with van der Waals surface area (Å²) in [6.07, 6.45) is 1.87. The summed E-state index contributed by atoms with van der Waals surface area (Å²) < 4.78 is 40.7. The maximum atomic E-state index is 13.3. The van der Waals surface area contributed by atoms with Crippen LogP contribution in [0.5, 0.6) is 0 Å². The van der Waals surface area contributed by atoms with Crippen LogP contribution >= 0.6 is 31.9 Å². The minimum absolute atomic E-state index is 0.0147. The van der Waals surface area contributed by atoms with Gasteiger partial charge < -0.3 is 4.90 Å². The fourth-order valence-electron chi connectivity index (χ4n) is 2.64. The van der Waals surface area contributed by atoms with Gasteiger partial charge in [-0.3, -0.25) is 4.79 Å². The number of hydrogen-bond acceptors (Lipinski definition) is 3. The van der Waals surface area contributed by atoms with E-state index in [1.165, 1.54) is 4.31 Å². The van der Waals surface area contributed by atoms with Crippen molar-refractivity contribution in [2.75, 3.05) is 26.2 Å². The topological polar surface area (TPSA) is 57.7 Å². The minimum Gasteiger partial charge on any atom is -0.340 e. The third-order valence-corrected chi connectivity index (χ3v) is 7.81. The Balaban J connectivity index is 1.78. The molecule has 1 heterocycles. The van der Waals surface area contributed by atoms with Crippen molar-refractivity contribution >= 4 is 47.8 Å². The molecule has 0 unspecified atom stereocenters. The second-order valence-corrected chi connectivity index (χ2v) is 9.29. The van der Waals surface area contributed by atoms with Gasteiger partial charge in [-0.15, -0.1) is 0 Å². The van der Waals surface area contributed by atoms with Crippen LogP contribution in [0.4, 0.5) is 4.39 Å². The van der Waals surface area contributed by atoms with Gasteiger partial charge in [0, 0.05) is 41.0 Å². The highest BCUT2D eigenvalue weighted by atomic mass is 79.9. The normalized spacial score (nSPS) is 19.9. The monoisotopic (exact) mass is 468 g/mol. The molecule has 9 heteroatoms. The molecule has 1 aromatic carbocycles. The van der Waals surface area contributed by atoms with Crippen molar-refractivity contribution in [1.82, 2.24) is 9.21 Å². The molecule has 2 fully saturated rings. The van der Waals surface area contributed by atoms with E-state index in [1.807, 2.05) is 0 Å². The summed E-state index contributed by atoms with van der Waals surface area (Å²) >= 11 is 6.24. The van der Waals surface area contributed by atoms with Gasteiger partial charge in [-0.05, 0) is 56.8 Å².